The van der Waals surface area contributed by atoms with Crippen LogP contribution in [0.3, 0.4) is 0 Å². The van der Waals surface area contributed by atoms with Crippen molar-refractivity contribution in [2.24, 2.45) is 0 Å². The minimum absolute atomic E-state index is 0.0796. The van der Waals surface area contributed by atoms with Crippen LogP contribution in [-0.2, 0) is 11.3 Å². The topological polar surface area (TPSA) is 75.2 Å². The average Bonchev–Trinajstić information content (AvgIpc) is 2.99. The van der Waals surface area contributed by atoms with Crippen molar-refractivity contribution < 1.29 is 45.5 Å². The van der Waals surface area contributed by atoms with Crippen molar-refractivity contribution in [3.05, 3.63) is 69.5 Å². The van der Waals surface area contributed by atoms with Crippen molar-refractivity contribution in [1.82, 2.24) is 4.68 Å². The summed E-state index contributed by atoms with van der Waals surface area (Å²) in [7, 11) is 0. The Morgan fingerprint density at radius 2 is 1.64 bits per heavy atom. The van der Waals surface area contributed by atoms with Gasteiger partial charge in [0.2, 0.25) is 0 Å². The van der Waals surface area contributed by atoms with Gasteiger partial charge in [0.15, 0.2) is 0 Å². The van der Waals surface area contributed by atoms with Crippen LogP contribution in [0.1, 0.15) is 33.3 Å². The minimum atomic E-state index is -5.93. The van der Waals surface area contributed by atoms with Gasteiger partial charge in [-0.15, -0.1) is 4.68 Å². The summed E-state index contributed by atoms with van der Waals surface area (Å²) >= 11 is 5.95. The third-order valence-corrected chi connectivity index (χ3v) is 4.86. The Balaban J connectivity index is 2.11. The van der Waals surface area contributed by atoms with Crippen LogP contribution >= 0.6 is 11.6 Å². The standard InChI is InChI=1S/C20H13ClF6N2O4/c1-2-28-14-8-7-10(21)9-13(14)15(29(28)32)16(30)11-5-3-4-6-12(11)17(31)33-18(19(22,23)24)20(25,26)27/h3-9,18H,2H2,1H3. The number of fused-ring (bicyclic) bond motifs is 1. The number of esters is 1. The Kier molecular flexibility index (Phi) is 6.33. The minimum Gasteiger partial charge on any atom is -0.595 e. The van der Waals surface area contributed by atoms with Gasteiger partial charge in [0.25, 0.3) is 17.6 Å². The Morgan fingerprint density at radius 1 is 1.06 bits per heavy atom. The zero-order valence-corrected chi connectivity index (χ0v) is 17.3. The molecule has 0 saturated heterocycles. The molecule has 0 saturated carbocycles. The molecule has 1 heterocycles. The molecule has 0 aliphatic heterocycles. The predicted molar refractivity (Wildman–Crippen MR) is 103 cm³/mol. The maximum atomic E-state index is 13.2. The number of carbonyl (C=O) groups excluding carboxylic acids is 2. The molecule has 3 aromatic rings. The molecular weight excluding hydrogens is 482 g/mol. The number of carbonyl (C=O) groups is 2. The normalized spacial score (nSPS) is 12.4. The molecule has 0 unspecified atom stereocenters. The van der Waals surface area contributed by atoms with Crippen molar-refractivity contribution in [3.63, 3.8) is 0 Å². The summed E-state index contributed by atoms with van der Waals surface area (Å²) in [5, 5.41) is 13.0. The van der Waals surface area contributed by atoms with Crippen molar-refractivity contribution in [1.29, 1.82) is 0 Å². The number of ketones is 1. The lowest BCUT2D eigenvalue weighted by atomic mass is 10.00. The number of halogens is 7. The van der Waals surface area contributed by atoms with Gasteiger partial charge in [-0.3, -0.25) is 4.79 Å². The Labute approximate surface area is 186 Å². The first-order chi connectivity index (χ1) is 15.3. The molecule has 0 fully saturated rings. The summed E-state index contributed by atoms with van der Waals surface area (Å²) in [6.45, 7) is 1.73. The molecule has 0 aliphatic carbocycles. The summed E-state index contributed by atoms with van der Waals surface area (Å²) in [6.07, 6.45) is -16.3. The van der Waals surface area contributed by atoms with Crippen LogP contribution in [0, 0.1) is 5.21 Å². The molecule has 0 atom stereocenters. The van der Waals surface area contributed by atoms with E-state index in [0.29, 0.717) is 5.52 Å². The molecule has 176 valence electrons. The van der Waals surface area contributed by atoms with Gasteiger partial charge in [0, 0.05) is 10.6 Å². The van der Waals surface area contributed by atoms with E-state index in [0.717, 1.165) is 22.9 Å². The van der Waals surface area contributed by atoms with Crippen molar-refractivity contribution in [2.45, 2.75) is 31.9 Å². The van der Waals surface area contributed by atoms with E-state index in [9.17, 15) is 41.1 Å². The van der Waals surface area contributed by atoms with Gasteiger partial charge in [-0.05, 0) is 37.3 Å². The zero-order chi connectivity index (χ0) is 24.7. The Morgan fingerprint density at radius 3 is 2.18 bits per heavy atom. The molecule has 6 nitrogen and oxygen atoms in total. The molecule has 0 bridgehead atoms. The summed E-state index contributed by atoms with van der Waals surface area (Å²) in [5.41, 5.74) is -1.71. The highest BCUT2D eigenvalue weighted by Crippen LogP contribution is 2.36. The lowest BCUT2D eigenvalue weighted by molar-refractivity contribution is -0.692. The molecule has 1 aromatic heterocycles. The third kappa shape index (κ3) is 4.61. The van der Waals surface area contributed by atoms with Gasteiger partial charge in [-0.1, -0.05) is 28.6 Å². The van der Waals surface area contributed by atoms with Crippen LogP contribution < -0.4 is 4.85 Å². The van der Waals surface area contributed by atoms with Gasteiger partial charge >= 0.3 is 18.3 Å². The molecule has 13 heteroatoms. The first-order valence-electron chi connectivity index (χ1n) is 9.17. The fraction of sp³-hybridized carbons (Fsp3) is 0.250. The van der Waals surface area contributed by atoms with Gasteiger partial charge in [-0.25, -0.2) is 4.79 Å². The van der Waals surface area contributed by atoms with Gasteiger partial charge < -0.3 is 9.94 Å². The highest BCUT2D eigenvalue weighted by atomic mass is 35.5. The van der Waals surface area contributed by atoms with Gasteiger partial charge in [0.05, 0.1) is 17.5 Å². The van der Waals surface area contributed by atoms with Gasteiger partial charge in [-0.2, -0.15) is 26.3 Å². The first kappa shape index (κ1) is 24.4. The highest BCUT2D eigenvalue weighted by molar-refractivity contribution is 6.31. The molecule has 0 N–H and O–H groups in total. The SMILES string of the molecule is CCn1c2ccc(Cl)cc2c(C(=O)c2ccccc2C(=O)OC(C(F)(F)F)C(F)(F)F)[n+]1[O-]. The number of ether oxygens (including phenoxy) is 1. The average molecular weight is 495 g/mol. The van der Waals surface area contributed by atoms with Crippen LogP contribution in [0.25, 0.3) is 10.9 Å². The fourth-order valence-corrected chi connectivity index (χ4v) is 3.40. The quantitative estimate of drug-likeness (QED) is 0.167. The molecule has 0 amide bonds. The predicted octanol–water partition coefficient (Wildman–Crippen LogP) is 4.83. The van der Waals surface area contributed by atoms with Crippen LogP contribution in [0.2, 0.25) is 5.02 Å². The zero-order valence-electron chi connectivity index (χ0n) is 16.5. The van der Waals surface area contributed by atoms with Crippen LogP contribution in [0.4, 0.5) is 26.3 Å². The molecular formula is C20H13ClF6N2O4. The smallest absolute Gasteiger partial charge is 0.434 e. The maximum Gasteiger partial charge on any atom is 0.434 e. The molecule has 0 radical (unpaired) electrons. The number of benzene rings is 2. The second-order valence-electron chi connectivity index (χ2n) is 6.74. The van der Waals surface area contributed by atoms with Crippen molar-refractivity contribution in [3.8, 4) is 0 Å². The van der Waals surface area contributed by atoms with E-state index in [4.69, 9.17) is 11.6 Å². The van der Waals surface area contributed by atoms with E-state index in [1.165, 1.54) is 24.3 Å². The molecule has 33 heavy (non-hydrogen) atoms. The number of alkyl halides is 6. The highest BCUT2D eigenvalue weighted by Gasteiger charge is 2.60. The van der Waals surface area contributed by atoms with E-state index < -0.39 is 47.0 Å². The number of rotatable bonds is 5. The van der Waals surface area contributed by atoms with Crippen LogP contribution in [0.15, 0.2) is 42.5 Å². The van der Waals surface area contributed by atoms with Crippen LogP contribution in [-0.4, -0.2) is 34.9 Å². The number of nitrogens with zero attached hydrogens (tertiary/aromatic N) is 2. The number of hydrogen-bond acceptors (Lipinski definition) is 4. The summed E-state index contributed by atoms with van der Waals surface area (Å²) in [5.74, 6) is -3.15. The second-order valence-corrected chi connectivity index (χ2v) is 7.18. The fourth-order valence-electron chi connectivity index (χ4n) is 3.23. The van der Waals surface area contributed by atoms with E-state index in [2.05, 4.69) is 4.74 Å². The van der Waals surface area contributed by atoms with Gasteiger partial charge in [0.1, 0.15) is 5.52 Å². The second kappa shape index (κ2) is 8.58. The number of hydrogen-bond donors (Lipinski definition) is 0. The summed E-state index contributed by atoms with van der Waals surface area (Å²) < 4.78 is 81.7. The monoisotopic (exact) mass is 494 g/mol. The lowest BCUT2D eigenvalue weighted by Gasteiger charge is -2.23. The molecule has 3 rings (SSSR count). The number of aromatic nitrogens is 2. The third-order valence-electron chi connectivity index (χ3n) is 4.63. The van der Waals surface area contributed by atoms with Crippen LogP contribution in [0.5, 0.6) is 0 Å². The lowest BCUT2D eigenvalue weighted by Crippen LogP contribution is -2.45. The van der Waals surface area contributed by atoms with E-state index in [1.807, 2.05) is 0 Å². The first-order valence-corrected chi connectivity index (χ1v) is 9.54. The van der Waals surface area contributed by atoms with Crippen molar-refractivity contribution >= 4 is 34.3 Å². The van der Waals surface area contributed by atoms with E-state index >= 15 is 0 Å². The largest absolute Gasteiger partial charge is 0.595 e. The Hall–Kier alpha value is -3.28. The number of aryl methyl sites for hydroxylation is 1. The molecule has 0 spiro atoms. The van der Waals surface area contributed by atoms with E-state index in [-0.39, 0.29) is 21.8 Å². The molecule has 2 aromatic carbocycles. The summed E-state index contributed by atoms with van der Waals surface area (Å²) in [6, 6.07) is 8.36. The Bertz CT molecular complexity index is 1220. The van der Waals surface area contributed by atoms with E-state index in [1.54, 1.807) is 6.92 Å². The molecule has 0 aliphatic rings. The van der Waals surface area contributed by atoms with Crippen molar-refractivity contribution in [2.75, 3.05) is 0 Å². The maximum absolute atomic E-state index is 13.2. The summed E-state index contributed by atoms with van der Waals surface area (Å²) in [4.78, 5) is 25.7.